The Morgan fingerprint density at radius 1 is 1.21 bits per heavy atom. The normalized spacial score (nSPS) is 12.1. The molecule has 14 heavy (non-hydrogen) atoms. The zero-order chi connectivity index (χ0) is 9.26. The fourth-order valence-electron chi connectivity index (χ4n) is 1.10. The van der Waals surface area contributed by atoms with E-state index in [4.69, 9.17) is 5.73 Å². The van der Waals surface area contributed by atoms with Gasteiger partial charge in [-0.05, 0) is 39.5 Å². The van der Waals surface area contributed by atoms with Crippen LogP contribution in [-0.2, 0) is 0 Å². The fraction of sp³-hybridized carbons (Fsp3) is 0.111. The van der Waals surface area contributed by atoms with Gasteiger partial charge in [0.25, 0.3) is 0 Å². The molecule has 1 nitrogen and oxygen atoms in total. The summed E-state index contributed by atoms with van der Waals surface area (Å²) in [6.07, 6.45) is 0. The van der Waals surface area contributed by atoms with Crippen LogP contribution in [0, 0.1) is 0 Å². The summed E-state index contributed by atoms with van der Waals surface area (Å²) >= 11 is 6.82. The van der Waals surface area contributed by atoms with Crippen molar-refractivity contribution in [2.24, 2.45) is 5.73 Å². The van der Waals surface area contributed by atoms with Crippen LogP contribution in [0.4, 0.5) is 0 Å². The second-order valence-electron chi connectivity index (χ2n) is 2.63. The molecule has 2 rings (SSSR count). The Balaban J connectivity index is 0.000000980. The quantitative estimate of drug-likeness (QED) is 0.890. The van der Waals surface area contributed by atoms with Gasteiger partial charge < -0.3 is 5.73 Å². The average Bonchev–Trinajstić information content (AvgIpc) is 2.72. The minimum absolute atomic E-state index is 0. The molecule has 0 saturated heterocycles. The van der Waals surface area contributed by atoms with E-state index >= 15 is 0 Å². The van der Waals surface area contributed by atoms with Crippen molar-refractivity contribution in [1.82, 2.24) is 0 Å². The van der Waals surface area contributed by atoms with Gasteiger partial charge in [-0.25, -0.2) is 0 Å². The van der Waals surface area contributed by atoms with Crippen molar-refractivity contribution in [1.29, 1.82) is 0 Å². The van der Waals surface area contributed by atoms with Crippen molar-refractivity contribution in [2.75, 3.05) is 0 Å². The molecule has 0 unspecified atom stereocenters. The standard InChI is InChI=1S/C9H8BrNS2.ClH/c10-8-4-3-7(13-8)9(11)6-2-1-5-12-6;/h1-5,9H,11H2;1H/t9-;/m1./s1. The van der Waals surface area contributed by atoms with Gasteiger partial charge in [0, 0.05) is 9.75 Å². The summed E-state index contributed by atoms with van der Waals surface area (Å²) < 4.78 is 1.13. The Morgan fingerprint density at radius 2 is 2.00 bits per heavy atom. The van der Waals surface area contributed by atoms with Crippen molar-refractivity contribution < 1.29 is 0 Å². The van der Waals surface area contributed by atoms with E-state index < -0.39 is 0 Å². The first-order valence-electron chi connectivity index (χ1n) is 3.81. The molecular weight excluding hydrogens is 302 g/mol. The number of hydrogen-bond acceptors (Lipinski definition) is 3. The van der Waals surface area contributed by atoms with Crippen molar-refractivity contribution >= 4 is 51.0 Å². The third-order valence-electron chi connectivity index (χ3n) is 1.75. The summed E-state index contributed by atoms with van der Waals surface area (Å²) in [5.41, 5.74) is 6.07. The first-order chi connectivity index (χ1) is 6.27. The zero-order valence-corrected chi connectivity index (χ0v) is 11.2. The molecule has 0 aromatic carbocycles. The first kappa shape index (κ1) is 12.2. The molecule has 2 N–H and O–H groups in total. The van der Waals surface area contributed by atoms with Crippen molar-refractivity contribution in [3.63, 3.8) is 0 Å². The molecule has 2 heterocycles. The Kier molecular flexibility index (Phi) is 4.60. The van der Waals surface area contributed by atoms with Crippen LogP contribution in [0.25, 0.3) is 0 Å². The van der Waals surface area contributed by atoms with Gasteiger partial charge in [0.1, 0.15) is 0 Å². The maximum Gasteiger partial charge on any atom is 0.0740 e. The van der Waals surface area contributed by atoms with Crippen LogP contribution < -0.4 is 5.73 Å². The number of nitrogens with two attached hydrogens (primary N) is 1. The summed E-state index contributed by atoms with van der Waals surface area (Å²) in [6, 6.07) is 8.24. The third kappa shape index (κ3) is 2.58. The SMILES string of the molecule is Cl.N[C@H](c1cccs1)c1ccc(Br)s1. The smallest absolute Gasteiger partial charge is 0.0740 e. The number of rotatable bonds is 2. The molecule has 1 atom stereocenters. The molecule has 5 heteroatoms. The molecule has 0 bridgehead atoms. The van der Waals surface area contributed by atoms with Gasteiger partial charge >= 0.3 is 0 Å². The molecule has 0 aliphatic rings. The van der Waals surface area contributed by atoms with Crippen molar-refractivity contribution in [2.45, 2.75) is 6.04 Å². The summed E-state index contributed by atoms with van der Waals surface area (Å²) in [4.78, 5) is 2.42. The first-order valence-corrected chi connectivity index (χ1v) is 6.30. The monoisotopic (exact) mass is 309 g/mol. The molecule has 0 aliphatic carbocycles. The molecular formula is C9H9BrClNS2. The molecule has 0 spiro atoms. The minimum atomic E-state index is 0. The van der Waals surface area contributed by atoms with E-state index in [1.807, 2.05) is 12.1 Å². The van der Waals surface area contributed by atoms with Gasteiger partial charge in [0.15, 0.2) is 0 Å². The Labute approximate surface area is 105 Å². The number of thiophene rings is 2. The van der Waals surface area contributed by atoms with Crippen molar-refractivity contribution in [3.05, 3.63) is 43.2 Å². The van der Waals surface area contributed by atoms with Gasteiger partial charge in [-0.2, -0.15) is 0 Å². The fourth-order valence-corrected chi connectivity index (χ4v) is 3.37. The predicted molar refractivity (Wildman–Crippen MR) is 69.6 cm³/mol. The highest BCUT2D eigenvalue weighted by molar-refractivity contribution is 9.11. The predicted octanol–water partition coefficient (Wildman–Crippen LogP) is 4.04. The molecule has 76 valence electrons. The molecule has 2 aromatic heterocycles. The lowest BCUT2D eigenvalue weighted by Gasteiger charge is -2.05. The molecule has 0 amide bonds. The average molecular weight is 311 g/mol. The van der Waals surface area contributed by atoms with E-state index in [1.54, 1.807) is 22.7 Å². The highest BCUT2D eigenvalue weighted by Gasteiger charge is 2.11. The van der Waals surface area contributed by atoms with Gasteiger partial charge in [-0.15, -0.1) is 35.1 Å². The van der Waals surface area contributed by atoms with Gasteiger partial charge in [-0.3, -0.25) is 0 Å². The third-order valence-corrected chi connectivity index (χ3v) is 4.41. The van der Waals surface area contributed by atoms with Crippen LogP contribution in [-0.4, -0.2) is 0 Å². The number of hydrogen-bond donors (Lipinski definition) is 1. The Bertz CT molecular complexity index is 385. The Morgan fingerprint density at radius 3 is 2.50 bits per heavy atom. The maximum absolute atomic E-state index is 6.07. The number of halogens is 2. The summed E-state index contributed by atoms with van der Waals surface area (Å²) in [6.45, 7) is 0. The maximum atomic E-state index is 6.07. The van der Waals surface area contributed by atoms with Crippen molar-refractivity contribution in [3.8, 4) is 0 Å². The van der Waals surface area contributed by atoms with E-state index in [1.165, 1.54) is 9.75 Å². The molecule has 0 radical (unpaired) electrons. The van der Waals surface area contributed by atoms with E-state index in [0.717, 1.165) is 3.79 Å². The van der Waals surface area contributed by atoms with E-state index in [-0.39, 0.29) is 18.4 Å². The minimum Gasteiger partial charge on any atom is -0.319 e. The summed E-state index contributed by atoms with van der Waals surface area (Å²) in [5, 5.41) is 2.05. The topological polar surface area (TPSA) is 26.0 Å². The van der Waals surface area contributed by atoms with Crippen LogP contribution in [0.15, 0.2) is 33.4 Å². The lowest BCUT2D eigenvalue weighted by Crippen LogP contribution is -2.07. The van der Waals surface area contributed by atoms with E-state index in [0.29, 0.717) is 0 Å². The summed E-state index contributed by atoms with van der Waals surface area (Å²) in [5.74, 6) is 0. The van der Waals surface area contributed by atoms with Crippen LogP contribution >= 0.6 is 51.0 Å². The van der Waals surface area contributed by atoms with Crippen LogP contribution in [0.1, 0.15) is 15.8 Å². The highest BCUT2D eigenvalue weighted by Crippen LogP contribution is 2.31. The lowest BCUT2D eigenvalue weighted by atomic mass is 10.2. The summed E-state index contributed by atoms with van der Waals surface area (Å²) in [7, 11) is 0. The lowest BCUT2D eigenvalue weighted by molar-refractivity contribution is 0.917. The zero-order valence-electron chi connectivity index (χ0n) is 7.14. The second-order valence-corrected chi connectivity index (χ2v) is 6.11. The largest absolute Gasteiger partial charge is 0.319 e. The molecule has 0 fully saturated rings. The molecule has 0 saturated carbocycles. The van der Waals surface area contributed by atoms with Gasteiger partial charge in [0.2, 0.25) is 0 Å². The van der Waals surface area contributed by atoms with Crippen LogP contribution in [0.5, 0.6) is 0 Å². The van der Waals surface area contributed by atoms with Gasteiger partial charge in [0.05, 0.1) is 9.83 Å². The highest BCUT2D eigenvalue weighted by atomic mass is 79.9. The second kappa shape index (κ2) is 5.28. The van der Waals surface area contributed by atoms with Crippen LogP contribution in [0.3, 0.4) is 0 Å². The van der Waals surface area contributed by atoms with E-state index in [2.05, 4.69) is 33.4 Å². The molecule has 2 aromatic rings. The van der Waals surface area contributed by atoms with Crippen LogP contribution in [0.2, 0.25) is 0 Å². The Hall–Kier alpha value is 0.130. The van der Waals surface area contributed by atoms with E-state index in [9.17, 15) is 0 Å². The van der Waals surface area contributed by atoms with Gasteiger partial charge in [-0.1, -0.05) is 6.07 Å². The molecule has 0 aliphatic heterocycles.